The van der Waals surface area contributed by atoms with Gasteiger partial charge in [0.1, 0.15) is 5.76 Å². The van der Waals surface area contributed by atoms with Crippen LogP contribution in [0.15, 0.2) is 34.9 Å². The Morgan fingerprint density at radius 1 is 1.21 bits per heavy atom. The molecule has 130 valence electrons. The molecule has 1 aromatic heterocycles. The number of benzene rings is 1. The zero-order chi connectivity index (χ0) is 17.5. The van der Waals surface area contributed by atoms with E-state index >= 15 is 0 Å². The summed E-state index contributed by atoms with van der Waals surface area (Å²) in [7, 11) is 0. The van der Waals surface area contributed by atoms with Gasteiger partial charge in [-0.3, -0.25) is 0 Å². The van der Waals surface area contributed by atoms with Crippen molar-refractivity contribution in [2.45, 2.75) is 39.2 Å². The Kier molecular flexibility index (Phi) is 6.37. The van der Waals surface area contributed by atoms with Crippen LogP contribution in [0.25, 0.3) is 0 Å². The van der Waals surface area contributed by atoms with Gasteiger partial charge in [0.05, 0.1) is 11.8 Å². The van der Waals surface area contributed by atoms with Gasteiger partial charge in [0.25, 0.3) is 0 Å². The number of carbonyl (C=O) groups is 1. The molecule has 24 heavy (non-hydrogen) atoms. The minimum Gasteiger partial charge on any atom is -0.391 e. The van der Waals surface area contributed by atoms with Crippen molar-refractivity contribution in [1.82, 2.24) is 15.8 Å². The molecule has 2 atom stereocenters. The van der Waals surface area contributed by atoms with Crippen LogP contribution in [0.4, 0.5) is 4.79 Å². The normalized spacial score (nSPS) is 13.3. The molecule has 2 rings (SSSR count). The zero-order valence-electron chi connectivity index (χ0n) is 14.4. The fraction of sp³-hybridized carbons (Fsp3) is 0.444. The molecule has 0 radical (unpaired) electrons. The van der Waals surface area contributed by atoms with Gasteiger partial charge in [-0.25, -0.2) is 4.79 Å². The van der Waals surface area contributed by atoms with E-state index in [1.54, 1.807) is 0 Å². The summed E-state index contributed by atoms with van der Waals surface area (Å²) in [6.07, 6.45) is -0.102. The molecular formula is C18H25N3O3. The van der Waals surface area contributed by atoms with E-state index in [4.69, 9.17) is 4.52 Å². The number of nitrogens with zero attached hydrogens (tertiary/aromatic N) is 1. The molecule has 2 amide bonds. The standard InChI is InChI=1S/C18H25N3O3/c1-12(17-13(2)21-24-14(17)3)10-19-18(23)20-11-16(22)9-15-7-5-4-6-8-15/h4-8,12,16,22H,9-11H2,1-3H3,(H2,19,20,23). The average Bonchev–Trinajstić information content (AvgIpc) is 2.90. The van der Waals surface area contributed by atoms with Crippen molar-refractivity contribution >= 4 is 6.03 Å². The van der Waals surface area contributed by atoms with Gasteiger partial charge in [-0.1, -0.05) is 42.4 Å². The Labute approximate surface area is 142 Å². The number of urea groups is 1. The third-order valence-corrected chi connectivity index (χ3v) is 3.96. The highest BCUT2D eigenvalue weighted by Crippen LogP contribution is 2.22. The number of aliphatic hydroxyl groups excluding tert-OH is 1. The van der Waals surface area contributed by atoms with Crippen LogP contribution in [-0.2, 0) is 6.42 Å². The van der Waals surface area contributed by atoms with Gasteiger partial charge in [-0.15, -0.1) is 0 Å². The Balaban J connectivity index is 1.71. The first kappa shape index (κ1) is 18.0. The number of nitrogens with one attached hydrogen (secondary N) is 2. The number of hydrogen-bond acceptors (Lipinski definition) is 4. The predicted molar refractivity (Wildman–Crippen MR) is 91.9 cm³/mol. The highest BCUT2D eigenvalue weighted by atomic mass is 16.5. The topological polar surface area (TPSA) is 87.4 Å². The number of rotatable bonds is 7. The van der Waals surface area contributed by atoms with Gasteiger partial charge < -0.3 is 20.3 Å². The Bertz CT molecular complexity index is 635. The van der Waals surface area contributed by atoms with Gasteiger partial charge in [0.2, 0.25) is 0 Å². The molecule has 6 nitrogen and oxygen atoms in total. The number of aliphatic hydroxyl groups is 1. The third-order valence-electron chi connectivity index (χ3n) is 3.96. The van der Waals surface area contributed by atoms with Crippen molar-refractivity contribution < 1.29 is 14.4 Å². The number of amides is 2. The summed E-state index contributed by atoms with van der Waals surface area (Å²) in [5.41, 5.74) is 2.92. The smallest absolute Gasteiger partial charge is 0.314 e. The molecule has 2 unspecified atom stereocenters. The molecule has 0 aliphatic heterocycles. The lowest BCUT2D eigenvalue weighted by Gasteiger charge is -2.15. The van der Waals surface area contributed by atoms with Crippen molar-refractivity contribution in [2.24, 2.45) is 0 Å². The Morgan fingerprint density at radius 2 is 1.88 bits per heavy atom. The summed E-state index contributed by atoms with van der Waals surface area (Å²) in [5.74, 6) is 0.886. The van der Waals surface area contributed by atoms with Crippen molar-refractivity contribution in [3.8, 4) is 0 Å². The molecule has 1 aromatic carbocycles. The molecule has 0 aliphatic rings. The van der Waals surface area contributed by atoms with Crippen LogP contribution in [0, 0.1) is 13.8 Å². The molecule has 0 fully saturated rings. The molecular weight excluding hydrogens is 306 g/mol. The van der Waals surface area contributed by atoms with E-state index in [9.17, 15) is 9.90 Å². The maximum atomic E-state index is 11.9. The van der Waals surface area contributed by atoms with Crippen LogP contribution >= 0.6 is 0 Å². The summed E-state index contributed by atoms with van der Waals surface area (Å²) in [5, 5.41) is 19.4. The molecule has 1 heterocycles. The first-order valence-corrected chi connectivity index (χ1v) is 8.13. The highest BCUT2D eigenvalue weighted by molar-refractivity contribution is 5.73. The van der Waals surface area contributed by atoms with Crippen molar-refractivity contribution in [3.05, 3.63) is 52.9 Å². The lowest BCUT2D eigenvalue weighted by atomic mass is 10.00. The fourth-order valence-corrected chi connectivity index (χ4v) is 2.77. The van der Waals surface area contributed by atoms with Gasteiger partial charge in [-0.05, 0) is 19.4 Å². The Morgan fingerprint density at radius 3 is 2.50 bits per heavy atom. The second-order valence-electron chi connectivity index (χ2n) is 6.07. The molecule has 2 aromatic rings. The first-order valence-electron chi connectivity index (χ1n) is 8.13. The Hall–Kier alpha value is -2.34. The van der Waals surface area contributed by atoms with E-state index in [0.717, 1.165) is 22.6 Å². The molecule has 0 spiro atoms. The molecule has 0 saturated heterocycles. The summed E-state index contributed by atoms with van der Waals surface area (Å²) >= 11 is 0. The van der Waals surface area contributed by atoms with Crippen LogP contribution in [0.1, 0.15) is 35.4 Å². The molecule has 6 heteroatoms. The molecule has 0 bridgehead atoms. The van der Waals surface area contributed by atoms with E-state index in [2.05, 4.69) is 15.8 Å². The van der Waals surface area contributed by atoms with Crippen LogP contribution in [0.5, 0.6) is 0 Å². The van der Waals surface area contributed by atoms with E-state index in [1.165, 1.54) is 0 Å². The zero-order valence-corrected chi connectivity index (χ0v) is 14.4. The molecule has 0 aliphatic carbocycles. The summed E-state index contributed by atoms with van der Waals surface area (Å²) < 4.78 is 5.15. The summed E-state index contributed by atoms with van der Waals surface area (Å²) in [4.78, 5) is 11.9. The van der Waals surface area contributed by atoms with Crippen molar-refractivity contribution in [2.75, 3.05) is 13.1 Å². The SMILES string of the molecule is Cc1noc(C)c1C(C)CNC(=O)NCC(O)Cc1ccccc1. The van der Waals surface area contributed by atoms with Gasteiger partial charge in [0, 0.05) is 31.0 Å². The average molecular weight is 331 g/mol. The summed E-state index contributed by atoms with van der Waals surface area (Å²) in [6, 6.07) is 9.40. The minimum absolute atomic E-state index is 0.108. The number of hydrogen-bond donors (Lipinski definition) is 3. The van der Waals surface area contributed by atoms with E-state index in [-0.39, 0.29) is 18.5 Å². The maximum absolute atomic E-state index is 11.9. The van der Waals surface area contributed by atoms with Gasteiger partial charge >= 0.3 is 6.03 Å². The van der Waals surface area contributed by atoms with Gasteiger partial charge in [-0.2, -0.15) is 0 Å². The van der Waals surface area contributed by atoms with E-state index in [1.807, 2.05) is 51.1 Å². The minimum atomic E-state index is -0.613. The highest BCUT2D eigenvalue weighted by Gasteiger charge is 2.17. The quantitative estimate of drug-likeness (QED) is 0.726. The molecule has 0 saturated carbocycles. The van der Waals surface area contributed by atoms with Gasteiger partial charge in [0.15, 0.2) is 0 Å². The predicted octanol–water partition coefficient (Wildman–Crippen LogP) is 2.30. The number of aromatic nitrogens is 1. The number of carbonyl (C=O) groups excluding carboxylic acids is 1. The number of aryl methyl sites for hydroxylation is 2. The third kappa shape index (κ3) is 5.09. The lowest BCUT2D eigenvalue weighted by Crippen LogP contribution is -2.41. The van der Waals surface area contributed by atoms with E-state index in [0.29, 0.717) is 13.0 Å². The maximum Gasteiger partial charge on any atom is 0.314 e. The second-order valence-corrected chi connectivity index (χ2v) is 6.07. The van der Waals surface area contributed by atoms with Crippen LogP contribution in [0.2, 0.25) is 0 Å². The second kappa shape index (κ2) is 8.49. The van der Waals surface area contributed by atoms with E-state index < -0.39 is 6.10 Å². The molecule has 3 N–H and O–H groups in total. The first-order chi connectivity index (χ1) is 11.5. The summed E-state index contributed by atoms with van der Waals surface area (Å²) in [6.45, 7) is 6.45. The van der Waals surface area contributed by atoms with Crippen molar-refractivity contribution in [3.63, 3.8) is 0 Å². The van der Waals surface area contributed by atoms with Crippen LogP contribution in [0.3, 0.4) is 0 Å². The van der Waals surface area contributed by atoms with Crippen LogP contribution < -0.4 is 10.6 Å². The largest absolute Gasteiger partial charge is 0.391 e. The monoisotopic (exact) mass is 331 g/mol. The van der Waals surface area contributed by atoms with Crippen molar-refractivity contribution in [1.29, 1.82) is 0 Å². The fourth-order valence-electron chi connectivity index (χ4n) is 2.77. The van der Waals surface area contributed by atoms with Crippen LogP contribution in [-0.4, -0.2) is 35.5 Å². The lowest BCUT2D eigenvalue weighted by molar-refractivity contribution is 0.170.